The Hall–Kier alpha value is -1.76. The SMILES string of the molecule is CCCCOCCOc1ccc(C(=N)N)cc1C(F)(F)F. The molecule has 0 aliphatic rings. The number of hydrogen-bond donors (Lipinski definition) is 2. The summed E-state index contributed by atoms with van der Waals surface area (Å²) < 4.78 is 49.2. The summed E-state index contributed by atoms with van der Waals surface area (Å²) in [7, 11) is 0. The molecule has 0 spiro atoms. The molecule has 3 N–H and O–H groups in total. The maximum absolute atomic E-state index is 12.9. The van der Waals surface area contributed by atoms with Crippen LogP contribution in [0.25, 0.3) is 0 Å². The molecule has 0 saturated carbocycles. The first-order valence-electron chi connectivity index (χ1n) is 6.62. The van der Waals surface area contributed by atoms with Crippen LogP contribution >= 0.6 is 0 Å². The minimum absolute atomic E-state index is 0.00821. The molecule has 0 bridgehead atoms. The molecule has 0 fully saturated rings. The number of rotatable bonds is 8. The van der Waals surface area contributed by atoms with E-state index >= 15 is 0 Å². The summed E-state index contributed by atoms with van der Waals surface area (Å²) in [5, 5.41) is 7.19. The van der Waals surface area contributed by atoms with Gasteiger partial charge in [-0.3, -0.25) is 5.41 Å². The first-order valence-corrected chi connectivity index (χ1v) is 6.62. The second-order valence-electron chi connectivity index (χ2n) is 4.44. The van der Waals surface area contributed by atoms with Gasteiger partial charge in [0.15, 0.2) is 0 Å². The van der Waals surface area contributed by atoms with Crippen molar-refractivity contribution in [2.24, 2.45) is 5.73 Å². The highest BCUT2D eigenvalue weighted by atomic mass is 19.4. The maximum atomic E-state index is 12.9. The van der Waals surface area contributed by atoms with Gasteiger partial charge in [-0.1, -0.05) is 13.3 Å². The number of amidine groups is 1. The predicted octanol–water partition coefficient (Wildman–Crippen LogP) is 3.18. The lowest BCUT2D eigenvalue weighted by Gasteiger charge is -2.15. The number of halogens is 3. The number of nitrogens with two attached hydrogens (primary N) is 1. The van der Waals surface area contributed by atoms with Crippen LogP contribution in [0.2, 0.25) is 0 Å². The largest absolute Gasteiger partial charge is 0.491 e. The van der Waals surface area contributed by atoms with E-state index in [0.29, 0.717) is 6.61 Å². The number of benzene rings is 1. The van der Waals surface area contributed by atoms with Crippen molar-refractivity contribution in [2.45, 2.75) is 25.9 Å². The molecule has 1 aromatic rings. The highest BCUT2D eigenvalue weighted by Gasteiger charge is 2.34. The van der Waals surface area contributed by atoms with Crippen LogP contribution < -0.4 is 10.5 Å². The molecule has 118 valence electrons. The second kappa shape index (κ2) is 7.87. The smallest absolute Gasteiger partial charge is 0.419 e. The van der Waals surface area contributed by atoms with E-state index in [-0.39, 0.29) is 24.5 Å². The molecule has 0 aliphatic heterocycles. The van der Waals surface area contributed by atoms with Crippen molar-refractivity contribution in [1.82, 2.24) is 0 Å². The summed E-state index contributed by atoms with van der Waals surface area (Å²) in [6.07, 6.45) is -2.67. The fraction of sp³-hybridized carbons (Fsp3) is 0.500. The Morgan fingerprint density at radius 2 is 1.95 bits per heavy atom. The number of ether oxygens (including phenoxy) is 2. The number of nitrogen functional groups attached to an aromatic ring is 1. The van der Waals surface area contributed by atoms with E-state index < -0.39 is 17.6 Å². The van der Waals surface area contributed by atoms with E-state index in [9.17, 15) is 13.2 Å². The third-order valence-electron chi connectivity index (χ3n) is 2.72. The zero-order valence-corrected chi connectivity index (χ0v) is 11.8. The average molecular weight is 304 g/mol. The maximum Gasteiger partial charge on any atom is 0.419 e. The average Bonchev–Trinajstić information content (AvgIpc) is 2.41. The molecule has 7 heteroatoms. The Morgan fingerprint density at radius 1 is 1.24 bits per heavy atom. The molecular formula is C14H19F3N2O2. The summed E-state index contributed by atoms with van der Waals surface area (Å²) in [6, 6.07) is 3.31. The van der Waals surface area contributed by atoms with E-state index in [0.717, 1.165) is 18.9 Å². The van der Waals surface area contributed by atoms with Crippen LogP contribution in [0.3, 0.4) is 0 Å². The Bertz CT molecular complexity index is 476. The van der Waals surface area contributed by atoms with Crippen LogP contribution in [-0.4, -0.2) is 25.7 Å². The summed E-state index contributed by atoms with van der Waals surface area (Å²) in [6.45, 7) is 2.85. The third kappa shape index (κ3) is 5.63. The van der Waals surface area contributed by atoms with Crippen LogP contribution in [0.4, 0.5) is 13.2 Å². The normalized spacial score (nSPS) is 11.4. The Morgan fingerprint density at radius 3 is 2.52 bits per heavy atom. The third-order valence-corrected chi connectivity index (χ3v) is 2.72. The molecule has 0 saturated heterocycles. The quantitative estimate of drug-likeness (QED) is 0.440. The minimum Gasteiger partial charge on any atom is -0.491 e. The van der Waals surface area contributed by atoms with Gasteiger partial charge in [-0.05, 0) is 24.6 Å². The summed E-state index contributed by atoms with van der Waals surface area (Å²) in [5.74, 6) is -0.707. The van der Waals surface area contributed by atoms with Crippen molar-refractivity contribution >= 4 is 5.84 Å². The molecule has 21 heavy (non-hydrogen) atoms. The molecule has 0 atom stereocenters. The van der Waals surface area contributed by atoms with Crippen LogP contribution in [0.1, 0.15) is 30.9 Å². The van der Waals surface area contributed by atoms with Crippen molar-refractivity contribution in [1.29, 1.82) is 5.41 Å². The topological polar surface area (TPSA) is 68.3 Å². The summed E-state index contributed by atoms with van der Waals surface area (Å²) in [4.78, 5) is 0. The molecule has 1 aromatic carbocycles. The first kappa shape index (κ1) is 17.3. The molecule has 4 nitrogen and oxygen atoms in total. The minimum atomic E-state index is -4.57. The predicted molar refractivity (Wildman–Crippen MR) is 73.7 cm³/mol. The van der Waals surface area contributed by atoms with Gasteiger partial charge in [0.2, 0.25) is 0 Å². The highest BCUT2D eigenvalue weighted by molar-refractivity contribution is 5.95. The van der Waals surface area contributed by atoms with Gasteiger partial charge in [0.05, 0.1) is 12.2 Å². The van der Waals surface area contributed by atoms with Gasteiger partial charge in [-0.15, -0.1) is 0 Å². The van der Waals surface area contributed by atoms with Crippen molar-refractivity contribution in [2.75, 3.05) is 19.8 Å². The Kier molecular flexibility index (Phi) is 6.48. The van der Waals surface area contributed by atoms with Crippen molar-refractivity contribution in [3.8, 4) is 5.75 Å². The zero-order chi connectivity index (χ0) is 15.9. The van der Waals surface area contributed by atoms with Crippen LogP contribution in [0, 0.1) is 5.41 Å². The second-order valence-corrected chi connectivity index (χ2v) is 4.44. The first-order chi connectivity index (χ1) is 9.86. The molecule has 1 rings (SSSR count). The highest BCUT2D eigenvalue weighted by Crippen LogP contribution is 2.36. The number of alkyl halides is 3. The zero-order valence-electron chi connectivity index (χ0n) is 11.8. The van der Waals surface area contributed by atoms with Crippen molar-refractivity contribution in [3.05, 3.63) is 29.3 Å². The van der Waals surface area contributed by atoms with E-state index in [1.807, 2.05) is 6.92 Å². The summed E-state index contributed by atoms with van der Waals surface area (Å²) in [5.41, 5.74) is 4.27. The van der Waals surface area contributed by atoms with Gasteiger partial charge >= 0.3 is 6.18 Å². The molecule has 0 unspecified atom stereocenters. The van der Waals surface area contributed by atoms with E-state index in [1.165, 1.54) is 12.1 Å². The Labute approximate surface area is 121 Å². The molecule has 0 heterocycles. The lowest BCUT2D eigenvalue weighted by atomic mass is 10.1. The van der Waals surface area contributed by atoms with Crippen LogP contribution in [0.15, 0.2) is 18.2 Å². The van der Waals surface area contributed by atoms with Gasteiger partial charge in [-0.2, -0.15) is 13.2 Å². The van der Waals surface area contributed by atoms with E-state index in [1.54, 1.807) is 0 Å². The number of hydrogen-bond acceptors (Lipinski definition) is 3. The monoisotopic (exact) mass is 304 g/mol. The lowest BCUT2D eigenvalue weighted by Crippen LogP contribution is -2.16. The van der Waals surface area contributed by atoms with Gasteiger partial charge in [0, 0.05) is 12.2 Å². The lowest BCUT2D eigenvalue weighted by molar-refractivity contribution is -0.139. The molecular weight excluding hydrogens is 285 g/mol. The molecule has 0 radical (unpaired) electrons. The standard InChI is InChI=1S/C14H19F3N2O2/c1-2-3-6-20-7-8-21-12-5-4-10(13(18)19)9-11(12)14(15,16)17/h4-5,9H,2-3,6-8H2,1H3,(H3,18,19). The fourth-order valence-electron chi connectivity index (χ4n) is 1.60. The van der Waals surface area contributed by atoms with Gasteiger partial charge in [-0.25, -0.2) is 0 Å². The molecule has 0 aromatic heterocycles. The van der Waals surface area contributed by atoms with Crippen molar-refractivity contribution < 1.29 is 22.6 Å². The number of unbranched alkanes of at least 4 members (excludes halogenated alkanes) is 1. The van der Waals surface area contributed by atoms with E-state index in [4.69, 9.17) is 20.6 Å². The van der Waals surface area contributed by atoms with Crippen molar-refractivity contribution in [3.63, 3.8) is 0 Å². The van der Waals surface area contributed by atoms with Crippen LogP contribution in [0.5, 0.6) is 5.75 Å². The summed E-state index contributed by atoms with van der Waals surface area (Å²) >= 11 is 0. The number of nitrogens with one attached hydrogen (secondary N) is 1. The van der Waals surface area contributed by atoms with E-state index in [2.05, 4.69) is 0 Å². The van der Waals surface area contributed by atoms with Gasteiger partial charge in [0.25, 0.3) is 0 Å². The van der Waals surface area contributed by atoms with Gasteiger partial charge in [0.1, 0.15) is 18.2 Å². The van der Waals surface area contributed by atoms with Gasteiger partial charge < -0.3 is 15.2 Å². The molecule has 0 aliphatic carbocycles. The molecule has 0 amide bonds. The fourth-order valence-corrected chi connectivity index (χ4v) is 1.60. The Balaban J connectivity index is 2.70. The van der Waals surface area contributed by atoms with Crippen LogP contribution in [-0.2, 0) is 10.9 Å².